The Morgan fingerprint density at radius 3 is 2.53 bits per heavy atom. The van der Waals surface area contributed by atoms with Gasteiger partial charge in [0.05, 0.1) is 18.2 Å². The number of nitrogens with one attached hydrogen (secondary N) is 1. The smallest absolute Gasteiger partial charge is 0.255 e. The normalized spacial score (nSPS) is 15.8. The fourth-order valence-corrected chi connectivity index (χ4v) is 4.73. The molecule has 1 aliphatic rings. The van der Waals surface area contributed by atoms with Crippen LogP contribution in [0.5, 0.6) is 5.75 Å². The number of piperidine rings is 1. The average Bonchev–Trinajstić information content (AvgIpc) is 2.82. The second-order valence-electron chi connectivity index (χ2n) is 8.44. The number of carbonyl (C=O) groups is 1. The molecule has 0 saturated carbocycles. The third-order valence-corrected chi connectivity index (χ3v) is 6.79. The van der Waals surface area contributed by atoms with Crippen molar-refractivity contribution >= 4 is 28.3 Å². The summed E-state index contributed by atoms with van der Waals surface area (Å²) >= 11 is 6.13. The van der Waals surface area contributed by atoms with Crippen molar-refractivity contribution in [3.05, 3.63) is 76.3 Å². The molecule has 164 valence electrons. The van der Waals surface area contributed by atoms with Crippen molar-refractivity contribution in [2.75, 3.05) is 33.8 Å². The molecule has 0 unspecified atom stereocenters. The Morgan fingerprint density at radius 2 is 1.88 bits per heavy atom. The van der Waals surface area contributed by atoms with Gasteiger partial charge in [-0.25, -0.2) is 0 Å². The van der Waals surface area contributed by atoms with E-state index in [9.17, 15) is 10.1 Å². The van der Waals surface area contributed by atoms with Crippen molar-refractivity contribution in [1.29, 1.82) is 5.26 Å². The first-order chi connectivity index (χ1) is 15.5. The van der Waals surface area contributed by atoms with Gasteiger partial charge in [-0.3, -0.25) is 4.79 Å². The fraction of sp³-hybridized carbons (Fsp3) is 0.308. The lowest BCUT2D eigenvalue weighted by molar-refractivity contribution is 0.0926. The Hall–Kier alpha value is -3.07. The summed E-state index contributed by atoms with van der Waals surface area (Å²) < 4.78 is 5.52. The van der Waals surface area contributed by atoms with Gasteiger partial charge in [-0.1, -0.05) is 48.0 Å². The summed E-state index contributed by atoms with van der Waals surface area (Å²) in [5.74, 6) is 0.0787. The Morgan fingerprint density at radius 1 is 1.19 bits per heavy atom. The van der Waals surface area contributed by atoms with Crippen LogP contribution in [0.3, 0.4) is 0 Å². The molecule has 3 aromatic carbocycles. The third-order valence-electron chi connectivity index (χ3n) is 6.54. The monoisotopic (exact) mass is 447 g/mol. The zero-order chi connectivity index (χ0) is 22.7. The minimum atomic E-state index is -0.234. The van der Waals surface area contributed by atoms with Gasteiger partial charge in [0.15, 0.2) is 0 Å². The van der Waals surface area contributed by atoms with Crippen LogP contribution in [0.2, 0.25) is 5.02 Å². The van der Waals surface area contributed by atoms with E-state index >= 15 is 0 Å². The van der Waals surface area contributed by atoms with Gasteiger partial charge in [0, 0.05) is 17.0 Å². The summed E-state index contributed by atoms with van der Waals surface area (Å²) in [7, 11) is 3.61. The van der Waals surface area contributed by atoms with Gasteiger partial charge in [0.2, 0.25) is 0 Å². The quantitative estimate of drug-likeness (QED) is 0.612. The SMILES string of the molecule is COc1c(C#N)cc2ccccc2c1C(=O)NCC1(c2ccc(Cl)cc2)CCN(C)CC1. The van der Waals surface area contributed by atoms with E-state index in [0.29, 0.717) is 28.4 Å². The highest BCUT2D eigenvalue weighted by atomic mass is 35.5. The molecule has 0 aliphatic carbocycles. The zero-order valence-electron chi connectivity index (χ0n) is 18.3. The molecular formula is C26H26ClN3O2. The predicted octanol–water partition coefficient (Wildman–Crippen LogP) is 4.77. The largest absolute Gasteiger partial charge is 0.495 e. The van der Waals surface area contributed by atoms with E-state index in [4.69, 9.17) is 16.3 Å². The molecule has 0 aromatic heterocycles. The first-order valence-electron chi connectivity index (χ1n) is 10.7. The van der Waals surface area contributed by atoms with Gasteiger partial charge < -0.3 is 15.0 Å². The number of rotatable bonds is 5. The summed E-state index contributed by atoms with van der Waals surface area (Å²) in [6.45, 7) is 2.40. The standard InChI is InChI=1S/C26H26ClN3O2/c1-30-13-11-26(12-14-30,20-7-9-21(27)10-8-20)17-29-25(31)23-22-6-4-3-5-18(22)15-19(16-28)24(23)32-2/h3-10,15H,11-14,17H2,1-2H3,(H,29,31). The number of amides is 1. The number of likely N-dealkylation sites (tertiary alicyclic amines) is 1. The lowest BCUT2D eigenvalue weighted by atomic mass is 9.72. The fourth-order valence-electron chi connectivity index (χ4n) is 4.60. The van der Waals surface area contributed by atoms with Crippen LogP contribution in [-0.4, -0.2) is 44.6 Å². The number of nitrogens with zero attached hydrogens (tertiary/aromatic N) is 2. The lowest BCUT2D eigenvalue weighted by Gasteiger charge is -2.41. The van der Waals surface area contributed by atoms with E-state index in [2.05, 4.69) is 35.5 Å². The topological polar surface area (TPSA) is 65.4 Å². The van der Waals surface area contributed by atoms with Crippen LogP contribution in [0.15, 0.2) is 54.6 Å². The maximum Gasteiger partial charge on any atom is 0.255 e. The van der Waals surface area contributed by atoms with Gasteiger partial charge in [-0.2, -0.15) is 5.26 Å². The van der Waals surface area contributed by atoms with Gasteiger partial charge in [0.25, 0.3) is 5.91 Å². The van der Waals surface area contributed by atoms with E-state index in [1.807, 2.05) is 36.4 Å². The lowest BCUT2D eigenvalue weighted by Crippen LogP contribution is -2.48. The Kier molecular flexibility index (Phi) is 6.36. The maximum atomic E-state index is 13.5. The molecule has 0 atom stereocenters. The Bertz CT molecular complexity index is 1180. The van der Waals surface area contributed by atoms with Gasteiger partial charge >= 0.3 is 0 Å². The molecule has 1 aliphatic heterocycles. The molecule has 0 spiro atoms. The van der Waals surface area contributed by atoms with Crippen molar-refractivity contribution in [3.8, 4) is 11.8 Å². The second kappa shape index (κ2) is 9.20. The highest BCUT2D eigenvalue weighted by Gasteiger charge is 2.36. The van der Waals surface area contributed by atoms with Crippen LogP contribution < -0.4 is 10.1 Å². The van der Waals surface area contributed by atoms with Crippen molar-refractivity contribution in [2.24, 2.45) is 0 Å². The van der Waals surface area contributed by atoms with E-state index < -0.39 is 0 Å². The van der Waals surface area contributed by atoms with Gasteiger partial charge in [0.1, 0.15) is 11.8 Å². The second-order valence-corrected chi connectivity index (χ2v) is 8.87. The van der Waals surface area contributed by atoms with Gasteiger partial charge in [-0.05, 0) is 67.5 Å². The number of halogens is 1. The number of carbonyl (C=O) groups excluding carboxylic acids is 1. The van der Waals surface area contributed by atoms with Crippen LogP contribution in [0, 0.1) is 11.3 Å². The molecule has 1 N–H and O–H groups in total. The molecule has 6 heteroatoms. The van der Waals surface area contributed by atoms with Crippen molar-refractivity contribution in [3.63, 3.8) is 0 Å². The summed E-state index contributed by atoms with van der Waals surface area (Å²) in [4.78, 5) is 15.8. The van der Waals surface area contributed by atoms with Crippen LogP contribution in [0.4, 0.5) is 0 Å². The minimum Gasteiger partial charge on any atom is -0.495 e. The number of nitriles is 1. The van der Waals surface area contributed by atoms with Crippen LogP contribution >= 0.6 is 11.6 Å². The number of hydrogen-bond donors (Lipinski definition) is 1. The molecule has 4 rings (SSSR count). The molecule has 5 nitrogen and oxygen atoms in total. The van der Waals surface area contributed by atoms with E-state index in [1.54, 1.807) is 6.07 Å². The van der Waals surface area contributed by atoms with Gasteiger partial charge in [-0.15, -0.1) is 0 Å². The number of fused-ring (bicyclic) bond motifs is 1. The molecule has 0 radical (unpaired) electrons. The Balaban J connectivity index is 1.69. The van der Waals surface area contributed by atoms with Crippen LogP contribution in [0.1, 0.15) is 34.3 Å². The average molecular weight is 448 g/mol. The van der Waals surface area contributed by atoms with E-state index in [1.165, 1.54) is 12.7 Å². The molecule has 1 amide bonds. The summed E-state index contributed by atoms with van der Waals surface area (Å²) in [5, 5.41) is 15.1. The predicted molar refractivity (Wildman–Crippen MR) is 127 cm³/mol. The maximum absolute atomic E-state index is 13.5. The van der Waals surface area contributed by atoms with Crippen LogP contribution in [0.25, 0.3) is 10.8 Å². The highest BCUT2D eigenvalue weighted by Crippen LogP contribution is 2.36. The summed E-state index contributed by atoms with van der Waals surface area (Å²) in [6, 6.07) is 19.4. The van der Waals surface area contributed by atoms with E-state index in [0.717, 1.165) is 36.7 Å². The number of hydrogen-bond acceptors (Lipinski definition) is 4. The van der Waals surface area contributed by atoms with E-state index in [-0.39, 0.29) is 11.3 Å². The number of benzene rings is 3. The molecule has 1 heterocycles. The highest BCUT2D eigenvalue weighted by molar-refractivity contribution is 6.30. The van der Waals surface area contributed by atoms with Crippen molar-refractivity contribution < 1.29 is 9.53 Å². The van der Waals surface area contributed by atoms with Crippen LogP contribution in [-0.2, 0) is 5.41 Å². The number of ether oxygens (including phenoxy) is 1. The minimum absolute atomic E-state index is 0.178. The third kappa shape index (κ3) is 4.17. The molecular weight excluding hydrogens is 422 g/mol. The first-order valence-corrected chi connectivity index (χ1v) is 11.1. The molecule has 1 saturated heterocycles. The molecule has 3 aromatic rings. The molecule has 0 bridgehead atoms. The number of methoxy groups -OCH3 is 1. The Labute approximate surface area is 193 Å². The van der Waals surface area contributed by atoms with Crippen molar-refractivity contribution in [2.45, 2.75) is 18.3 Å². The first kappa shape index (κ1) is 22.1. The molecule has 32 heavy (non-hydrogen) atoms. The zero-order valence-corrected chi connectivity index (χ0v) is 19.1. The summed E-state index contributed by atoms with van der Waals surface area (Å²) in [6.07, 6.45) is 1.86. The molecule has 1 fully saturated rings. The van der Waals surface area contributed by atoms with Crippen molar-refractivity contribution in [1.82, 2.24) is 10.2 Å². The summed E-state index contributed by atoms with van der Waals surface area (Å²) in [5.41, 5.74) is 1.75.